The molecule has 2 heterocycles. The van der Waals surface area contributed by atoms with Crippen LogP contribution in [0.1, 0.15) is 17.3 Å². The van der Waals surface area contributed by atoms with Crippen LogP contribution in [0.15, 0.2) is 79.3 Å². The van der Waals surface area contributed by atoms with Crippen molar-refractivity contribution >= 4 is 23.2 Å². The molecule has 0 fully saturated rings. The maximum absolute atomic E-state index is 12.7. The van der Waals surface area contributed by atoms with Gasteiger partial charge in [0, 0.05) is 53.6 Å². The fourth-order valence-corrected chi connectivity index (χ4v) is 3.11. The summed E-state index contributed by atoms with van der Waals surface area (Å²) in [7, 11) is 0. The van der Waals surface area contributed by atoms with E-state index >= 15 is 0 Å². The lowest BCUT2D eigenvalue weighted by Gasteiger charge is -2.08. The SMILES string of the molecule is CC(=O)Nc1ccc(NC(=O)c2cccc(-c3n[nH]cc3-c3ccncc3)c2)cc1. The van der Waals surface area contributed by atoms with Crippen LogP contribution in [0.2, 0.25) is 0 Å². The number of hydrogen-bond donors (Lipinski definition) is 3. The van der Waals surface area contributed by atoms with Gasteiger partial charge in [-0.2, -0.15) is 5.10 Å². The number of carbonyl (C=O) groups excluding carboxylic acids is 2. The summed E-state index contributed by atoms with van der Waals surface area (Å²) in [6, 6.07) is 18.1. The van der Waals surface area contributed by atoms with E-state index in [1.807, 2.05) is 36.5 Å². The molecule has 0 aliphatic rings. The first-order valence-corrected chi connectivity index (χ1v) is 9.34. The van der Waals surface area contributed by atoms with Gasteiger partial charge in [-0.15, -0.1) is 0 Å². The van der Waals surface area contributed by atoms with Crippen molar-refractivity contribution in [1.29, 1.82) is 0 Å². The molecule has 30 heavy (non-hydrogen) atoms. The predicted molar refractivity (Wildman–Crippen MR) is 116 cm³/mol. The number of rotatable bonds is 5. The first-order valence-electron chi connectivity index (χ1n) is 9.34. The highest BCUT2D eigenvalue weighted by Crippen LogP contribution is 2.30. The van der Waals surface area contributed by atoms with Crippen molar-refractivity contribution in [3.63, 3.8) is 0 Å². The summed E-state index contributed by atoms with van der Waals surface area (Å²) in [5.41, 5.74) is 5.34. The Morgan fingerprint density at radius 2 is 1.57 bits per heavy atom. The third kappa shape index (κ3) is 4.25. The third-order valence-corrected chi connectivity index (χ3v) is 4.49. The van der Waals surface area contributed by atoms with E-state index < -0.39 is 0 Å². The molecule has 0 saturated heterocycles. The average Bonchev–Trinajstić information content (AvgIpc) is 3.25. The molecule has 0 bridgehead atoms. The molecule has 2 aromatic heterocycles. The van der Waals surface area contributed by atoms with Gasteiger partial charge in [0.2, 0.25) is 5.91 Å². The van der Waals surface area contributed by atoms with Crippen molar-refractivity contribution in [1.82, 2.24) is 15.2 Å². The van der Waals surface area contributed by atoms with Gasteiger partial charge in [0.15, 0.2) is 0 Å². The third-order valence-electron chi connectivity index (χ3n) is 4.49. The van der Waals surface area contributed by atoms with E-state index in [0.717, 1.165) is 22.4 Å². The molecular formula is C23H19N5O2. The number of nitrogens with zero attached hydrogens (tertiary/aromatic N) is 2. The monoisotopic (exact) mass is 397 g/mol. The summed E-state index contributed by atoms with van der Waals surface area (Å²) in [6.45, 7) is 1.45. The number of benzene rings is 2. The summed E-state index contributed by atoms with van der Waals surface area (Å²) in [4.78, 5) is 27.9. The van der Waals surface area contributed by atoms with Crippen LogP contribution in [0.3, 0.4) is 0 Å². The van der Waals surface area contributed by atoms with Gasteiger partial charge in [-0.3, -0.25) is 19.7 Å². The van der Waals surface area contributed by atoms with E-state index in [2.05, 4.69) is 25.8 Å². The van der Waals surface area contributed by atoms with Crippen LogP contribution in [0.25, 0.3) is 22.4 Å². The molecule has 0 saturated carbocycles. The summed E-state index contributed by atoms with van der Waals surface area (Å²) < 4.78 is 0. The molecule has 3 N–H and O–H groups in total. The number of carbonyl (C=O) groups is 2. The number of pyridine rings is 1. The van der Waals surface area contributed by atoms with Crippen LogP contribution in [0.4, 0.5) is 11.4 Å². The maximum Gasteiger partial charge on any atom is 0.255 e. The van der Waals surface area contributed by atoms with E-state index in [4.69, 9.17) is 0 Å². The fraction of sp³-hybridized carbons (Fsp3) is 0.0435. The van der Waals surface area contributed by atoms with E-state index in [1.54, 1.807) is 42.7 Å². The number of H-pyrrole nitrogens is 1. The Balaban J connectivity index is 1.55. The molecule has 4 rings (SSSR count). The van der Waals surface area contributed by atoms with Gasteiger partial charge in [0.1, 0.15) is 0 Å². The van der Waals surface area contributed by atoms with Gasteiger partial charge in [-0.1, -0.05) is 12.1 Å². The van der Waals surface area contributed by atoms with Crippen LogP contribution < -0.4 is 10.6 Å². The van der Waals surface area contributed by atoms with E-state index in [-0.39, 0.29) is 11.8 Å². The topological polar surface area (TPSA) is 99.8 Å². The molecule has 148 valence electrons. The van der Waals surface area contributed by atoms with E-state index in [0.29, 0.717) is 16.9 Å². The van der Waals surface area contributed by atoms with Crippen LogP contribution in [-0.2, 0) is 4.79 Å². The molecule has 0 radical (unpaired) electrons. The van der Waals surface area contributed by atoms with Crippen molar-refractivity contribution < 1.29 is 9.59 Å². The second-order valence-corrected chi connectivity index (χ2v) is 6.68. The smallest absolute Gasteiger partial charge is 0.255 e. The van der Waals surface area contributed by atoms with Gasteiger partial charge in [-0.05, 0) is 54.1 Å². The van der Waals surface area contributed by atoms with Crippen molar-refractivity contribution in [2.24, 2.45) is 0 Å². The molecule has 4 aromatic rings. The van der Waals surface area contributed by atoms with Gasteiger partial charge in [0.25, 0.3) is 5.91 Å². The zero-order valence-electron chi connectivity index (χ0n) is 16.2. The minimum Gasteiger partial charge on any atom is -0.326 e. The van der Waals surface area contributed by atoms with E-state index in [9.17, 15) is 9.59 Å². The molecule has 0 atom stereocenters. The van der Waals surface area contributed by atoms with Crippen LogP contribution in [0, 0.1) is 0 Å². The Morgan fingerprint density at radius 3 is 2.27 bits per heavy atom. The minimum absolute atomic E-state index is 0.145. The maximum atomic E-state index is 12.7. The molecule has 0 aliphatic carbocycles. The lowest BCUT2D eigenvalue weighted by atomic mass is 10.0. The highest BCUT2D eigenvalue weighted by molar-refractivity contribution is 6.05. The molecule has 7 nitrogen and oxygen atoms in total. The molecule has 2 amide bonds. The lowest BCUT2D eigenvalue weighted by molar-refractivity contribution is -0.114. The Morgan fingerprint density at radius 1 is 0.867 bits per heavy atom. The van der Waals surface area contributed by atoms with Crippen molar-refractivity contribution in [2.75, 3.05) is 10.6 Å². The first kappa shape index (κ1) is 19.1. The second kappa shape index (κ2) is 8.40. The molecule has 0 aliphatic heterocycles. The largest absolute Gasteiger partial charge is 0.326 e. The molecular weight excluding hydrogens is 378 g/mol. The van der Waals surface area contributed by atoms with Gasteiger partial charge < -0.3 is 10.6 Å². The molecule has 2 aromatic carbocycles. The minimum atomic E-state index is -0.231. The number of amides is 2. The molecule has 0 unspecified atom stereocenters. The Labute approximate surface area is 173 Å². The number of aromatic nitrogens is 3. The van der Waals surface area contributed by atoms with Crippen LogP contribution in [0.5, 0.6) is 0 Å². The number of aromatic amines is 1. The zero-order chi connectivity index (χ0) is 20.9. The average molecular weight is 397 g/mol. The predicted octanol–water partition coefficient (Wildman–Crippen LogP) is 4.35. The lowest BCUT2D eigenvalue weighted by Crippen LogP contribution is -2.12. The quantitative estimate of drug-likeness (QED) is 0.466. The zero-order valence-corrected chi connectivity index (χ0v) is 16.2. The number of nitrogens with one attached hydrogen (secondary N) is 3. The van der Waals surface area contributed by atoms with Crippen LogP contribution >= 0.6 is 0 Å². The summed E-state index contributed by atoms with van der Waals surface area (Å²) in [6.07, 6.45) is 5.29. The standard InChI is InChI=1S/C23H19N5O2/c1-15(29)26-19-5-7-20(8-6-19)27-23(30)18-4-2-3-17(13-18)22-21(14-25-28-22)16-9-11-24-12-10-16/h2-14H,1H3,(H,25,28)(H,26,29)(H,27,30). The fourth-order valence-electron chi connectivity index (χ4n) is 3.11. The summed E-state index contributed by atoms with van der Waals surface area (Å²) in [5, 5.41) is 12.8. The second-order valence-electron chi connectivity index (χ2n) is 6.68. The Kier molecular flexibility index (Phi) is 5.34. The van der Waals surface area contributed by atoms with Gasteiger partial charge in [-0.25, -0.2) is 0 Å². The number of anilines is 2. The molecule has 7 heteroatoms. The Hall–Kier alpha value is -4.26. The van der Waals surface area contributed by atoms with Crippen LogP contribution in [-0.4, -0.2) is 27.0 Å². The van der Waals surface area contributed by atoms with Gasteiger partial charge in [0.05, 0.1) is 5.69 Å². The van der Waals surface area contributed by atoms with E-state index in [1.165, 1.54) is 6.92 Å². The van der Waals surface area contributed by atoms with Crippen molar-refractivity contribution in [2.45, 2.75) is 6.92 Å². The normalized spacial score (nSPS) is 10.4. The first-order chi connectivity index (χ1) is 14.6. The van der Waals surface area contributed by atoms with Crippen molar-refractivity contribution in [3.05, 3.63) is 84.8 Å². The highest BCUT2D eigenvalue weighted by Gasteiger charge is 2.13. The van der Waals surface area contributed by atoms with Gasteiger partial charge >= 0.3 is 0 Å². The molecule has 0 spiro atoms. The Bertz CT molecular complexity index is 1180. The number of hydrogen-bond acceptors (Lipinski definition) is 4. The summed E-state index contributed by atoms with van der Waals surface area (Å²) in [5.74, 6) is -0.377. The van der Waals surface area contributed by atoms with Crippen molar-refractivity contribution in [3.8, 4) is 22.4 Å². The summed E-state index contributed by atoms with van der Waals surface area (Å²) >= 11 is 0. The highest BCUT2D eigenvalue weighted by atomic mass is 16.2.